The highest BCUT2D eigenvalue weighted by Crippen LogP contribution is 2.28. The Hall–Kier alpha value is -3.19. The lowest BCUT2D eigenvalue weighted by molar-refractivity contribution is 0.340. The van der Waals surface area contributed by atoms with E-state index in [-0.39, 0.29) is 0 Å². The highest BCUT2D eigenvalue weighted by atomic mass is 32.1. The van der Waals surface area contributed by atoms with E-state index in [1.165, 1.54) is 0 Å². The van der Waals surface area contributed by atoms with Gasteiger partial charge in [-0.1, -0.05) is 12.1 Å². The van der Waals surface area contributed by atoms with E-state index in [4.69, 9.17) is 30.8 Å². The first-order valence-electron chi connectivity index (χ1n) is 9.65. The maximum Gasteiger partial charge on any atom is 0.174 e. The number of para-hydroxylation sites is 2. The highest BCUT2D eigenvalue weighted by molar-refractivity contribution is 7.80. The number of furan rings is 1. The molecule has 0 saturated carbocycles. The molecule has 30 heavy (non-hydrogen) atoms. The van der Waals surface area contributed by atoms with Crippen molar-refractivity contribution in [2.24, 2.45) is 0 Å². The number of methoxy groups -OCH3 is 2. The Morgan fingerprint density at radius 3 is 2.53 bits per heavy atom. The van der Waals surface area contributed by atoms with Gasteiger partial charge in [-0.25, -0.2) is 0 Å². The first-order valence-corrected chi connectivity index (χ1v) is 10.1. The minimum atomic E-state index is 0.505. The van der Waals surface area contributed by atoms with E-state index in [1.807, 2.05) is 66.4 Å². The zero-order valence-corrected chi connectivity index (χ0v) is 18.2. The molecule has 0 aliphatic heterocycles. The third kappa shape index (κ3) is 5.45. The van der Waals surface area contributed by atoms with Crippen molar-refractivity contribution >= 4 is 23.0 Å². The quantitative estimate of drug-likeness (QED) is 0.478. The lowest BCUT2D eigenvalue weighted by Gasteiger charge is -2.26. The van der Waals surface area contributed by atoms with E-state index in [0.29, 0.717) is 24.8 Å². The van der Waals surface area contributed by atoms with E-state index in [0.717, 1.165) is 34.3 Å². The smallest absolute Gasteiger partial charge is 0.174 e. The predicted octanol–water partition coefficient (Wildman–Crippen LogP) is 5.09. The second-order valence-electron chi connectivity index (χ2n) is 6.47. The van der Waals surface area contributed by atoms with Crippen molar-refractivity contribution in [1.29, 1.82) is 0 Å². The summed E-state index contributed by atoms with van der Waals surface area (Å²) in [5.74, 6) is 3.03. The normalized spacial score (nSPS) is 10.4. The van der Waals surface area contributed by atoms with E-state index >= 15 is 0 Å². The number of benzene rings is 2. The molecule has 0 aliphatic carbocycles. The first kappa shape index (κ1) is 21.5. The molecule has 0 radical (unpaired) electrons. The zero-order chi connectivity index (χ0) is 21.3. The fourth-order valence-electron chi connectivity index (χ4n) is 3.02. The van der Waals surface area contributed by atoms with Gasteiger partial charge >= 0.3 is 0 Å². The number of hydrogen-bond acceptors (Lipinski definition) is 5. The number of hydrogen-bond donors (Lipinski definition) is 1. The molecule has 0 bridgehead atoms. The maximum absolute atomic E-state index is 5.75. The minimum absolute atomic E-state index is 0.505. The van der Waals surface area contributed by atoms with Gasteiger partial charge in [0.1, 0.15) is 23.0 Å². The number of thiocarbonyl (C=S) groups is 1. The van der Waals surface area contributed by atoms with Gasteiger partial charge in [-0.3, -0.25) is 0 Å². The van der Waals surface area contributed by atoms with Gasteiger partial charge in [0.05, 0.1) is 39.3 Å². The number of anilines is 1. The summed E-state index contributed by atoms with van der Waals surface area (Å²) >= 11 is 5.75. The lowest BCUT2D eigenvalue weighted by atomic mass is 10.1. The number of nitrogens with one attached hydrogen (secondary N) is 1. The van der Waals surface area contributed by atoms with Crippen LogP contribution >= 0.6 is 12.2 Å². The van der Waals surface area contributed by atoms with Gasteiger partial charge in [-0.15, -0.1) is 0 Å². The average molecular weight is 427 g/mol. The summed E-state index contributed by atoms with van der Waals surface area (Å²) in [6, 6.07) is 17.3. The van der Waals surface area contributed by atoms with Crippen molar-refractivity contribution in [3.8, 4) is 17.2 Å². The molecule has 0 atom stereocenters. The van der Waals surface area contributed by atoms with Crippen molar-refractivity contribution in [2.75, 3.05) is 26.1 Å². The molecule has 0 amide bonds. The lowest BCUT2D eigenvalue weighted by Crippen LogP contribution is -2.34. The van der Waals surface area contributed by atoms with Crippen LogP contribution in [0.3, 0.4) is 0 Å². The van der Waals surface area contributed by atoms with Crippen LogP contribution in [0.1, 0.15) is 18.2 Å². The molecular formula is C23H26N2O4S. The molecule has 0 saturated heterocycles. The Bertz CT molecular complexity index is 960. The van der Waals surface area contributed by atoms with Crippen LogP contribution in [0.15, 0.2) is 65.3 Å². The largest absolute Gasteiger partial charge is 0.497 e. The molecule has 1 aromatic heterocycles. The predicted molar refractivity (Wildman–Crippen MR) is 121 cm³/mol. The molecule has 0 spiro atoms. The fraction of sp³-hybridized carbons (Fsp3) is 0.261. The van der Waals surface area contributed by atoms with Crippen molar-refractivity contribution in [2.45, 2.75) is 20.0 Å². The molecule has 0 aliphatic rings. The van der Waals surface area contributed by atoms with Gasteiger partial charge in [-0.2, -0.15) is 0 Å². The van der Waals surface area contributed by atoms with Crippen LogP contribution in [-0.2, 0) is 13.1 Å². The second kappa shape index (κ2) is 10.5. The average Bonchev–Trinajstić information content (AvgIpc) is 3.28. The van der Waals surface area contributed by atoms with Crippen molar-refractivity contribution < 1.29 is 18.6 Å². The number of rotatable bonds is 9. The molecular weight excluding hydrogens is 400 g/mol. The summed E-state index contributed by atoms with van der Waals surface area (Å²) < 4.78 is 22.1. The van der Waals surface area contributed by atoms with Crippen LogP contribution in [0.25, 0.3) is 0 Å². The van der Waals surface area contributed by atoms with Crippen molar-refractivity contribution in [1.82, 2.24) is 4.90 Å². The van der Waals surface area contributed by atoms with Crippen LogP contribution in [0.2, 0.25) is 0 Å². The Kier molecular flexibility index (Phi) is 7.57. The summed E-state index contributed by atoms with van der Waals surface area (Å²) in [6.07, 6.45) is 1.66. The van der Waals surface area contributed by atoms with Crippen LogP contribution in [0.5, 0.6) is 17.2 Å². The third-order valence-electron chi connectivity index (χ3n) is 4.50. The van der Waals surface area contributed by atoms with E-state index in [2.05, 4.69) is 5.32 Å². The summed E-state index contributed by atoms with van der Waals surface area (Å²) in [5, 5.41) is 3.87. The summed E-state index contributed by atoms with van der Waals surface area (Å²) in [6.45, 7) is 3.56. The molecule has 3 rings (SSSR count). The van der Waals surface area contributed by atoms with Gasteiger partial charge in [0.15, 0.2) is 5.11 Å². The standard InChI is InChI=1S/C23H26N2O4S/c1-4-28-21-10-6-5-9-20(21)24-23(30)25(16-19-8-7-13-29-19)15-17-11-12-18(26-2)14-22(17)27-3/h5-14H,4,15-16H2,1-3H3,(H,24,30). The topological polar surface area (TPSA) is 56.1 Å². The Balaban J connectivity index is 1.85. The van der Waals surface area contributed by atoms with Crippen LogP contribution in [0, 0.1) is 0 Å². The molecule has 0 unspecified atom stereocenters. The van der Waals surface area contributed by atoms with E-state index < -0.39 is 0 Å². The summed E-state index contributed by atoms with van der Waals surface area (Å²) in [4.78, 5) is 2.02. The molecule has 7 heteroatoms. The zero-order valence-electron chi connectivity index (χ0n) is 17.4. The maximum atomic E-state index is 5.75. The van der Waals surface area contributed by atoms with Crippen molar-refractivity contribution in [3.63, 3.8) is 0 Å². The van der Waals surface area contributed by atoms with Crippen molar-refractivity contribution in [3.05, 3.63) is 72.2 Å². The Labute approximate surface area is 182 Å². The summed E-state index contributed by atoms with van der Waals surface area (Å²) in [5.41, 5.74) is 1.79. The molecule has 158 valence electrons. The SMILES string of the molecule is CCOc1ccccc1NC(=S)N(Cc1ccco1)Cc1ccc(OC)cc1OC. The Morgan fingerprint density at radius 2 is 1.83 bits per heavy atom. The second-order valence-corrected chi connectivity index (χ2v) is 6.86. The van der Waals surface area contributed by atoms with Crippen LogP contribution < -0.4 is 19.5 Å². The minimum Gasteiger partial charge on any atom is -0.497 e. The third-order valence-corrected chi connectivity index (χ3v) is 4.86. The first-order chi connectivity index (χ1) is 14.6. The molecule has 3 aromatic rings. The monoisotopic (exact) mass is 426 g/mol. The van der Waals surface area contributed by atoms with Gasteiger partial charge in [0.25, 0.3) is 0 Å². The van der Waals surface area contributed by atoms with Gasteiger partial charge in [0.2, 0.25) is 0 Å². The molecule has 6 nitrogen and oxygen atoms in total. The van der Waals surface area contributed by atoms with Gasteiger partial charge in [0, 0.05) is 18.2 Å². The summed E-state index contributed by atoms with van der Waals surface area (Å²) in [7, 11) is 3.27. The molecule has 1 N–H and O–H groups in total. The van der Waals surface area contributed by atoms with Crippen LogP contribution in [0.4, 0.5) is 5.69 Å². The van der Waals surface area contributed by atoms with Crippen LogP contribution in [-0.4, -0.2) is 30.8 Å². The van der Waals surface area contributed by atoms with E-state index in [9.17, 15) is 0 Å². The molecule has 0 fully saturated rings. The van der Waals surface area contributed by atoms with Gasteiger partial charge < -0.3 is 28.8 Å². The number of nitrogens with zero attached hydrogens (tertiary/aromatic N) is 1. The number of ether oxygens (including phenoxy) is 3. The van der Waals surface area contributed by atoms with Gasteiger partial charge in [-0.05, 0) is 55.5 Å². The van der Waals surface area contributed by atoms with E-state index in [1.54, 1.807) is 20.5 Å². The molecule has 1 heterocycles. The fourth-order valence-corrected chi connectivity index (χ4v) is 3.26. The molecule has 2 aromatic carbocycles. The Morgan fingerprint density at radius 1 is 1.00 bits per heavy atom. The highest BCUT2D eigenvalue weighted by Gasteiger charge is 2.17.